The van der Waals surface area contributed by atoms with E-state index < -0.39 is 17.7 Å². The molecule has 1 aromatic carbocycles. The van der Waals surface area contributed by atoms with Crippen molar-refractivity contribution in [2.24, 2.45) is 11.3 Å². The lowest BCUT2D eigenvalue weighted by molar-refractivity contribution is -0.0849. The number of rotatable bonds is 4. The number of hydrogen-bond donors (Lipinski definition) is 1. The lowest BCUT2D eigenvalue weighted by atomic mass is 9.56. The second kappa shape index (κ2) is 6.41. The maximum Gasteiger partial charge on any atom is 0.409 e. The number of alkyl carbamates (subject to hydrolysis) is 1. The van der Waals surface area contributed by atoms with E-state index in [2.05, 4.69) is 5.32 Å². The van der Waals surface area contributed by atoms with Gasteiger partial charge in [-0.2, -0.15) is 0 Å². The third kappa shape index (κ3) is 3.32. The summed E-state index contributed by atoms with van der Waals surface area (Å²) in [5.41, 5.74) is 0.660. The second-order valence-corrected chi connectivity index (χ2v) is 7.59. The van der Waals surface area contributed by atoms with Crippen LogP contribution in [-0.4, -0.2) is 49.4 Å². The van der Waals surface area contributed by atoms with Gasteiger partial charge in [0.15, 0.2) is 0 Å². The molecule has 3 fully saturated rings. The van der Waals surface area contributed by atoms with E-state index in [4.69, 9.17) is 9.47 Å². The first-order chi connectivity index (χ1) is 12.4. The Kier molecular flexibility index (Phi) is 4.20. The summed E-state index contributed by atoms with van der Waals surface area (Å²) >= 11 is 0. The summed E-state index contributed by atoms with van der Waals surface area (Å²) in [6.45, 7) is 1.59. The van der Waals surface area contributed by atoms with Crippen molar-refractivity contribution in [1.82, 2.24) is 10.2 Å². The Morgan fingerprint density at radius 2 is 2.12 bits per heavy atom. The third-order valence-corrected chi connectivity index (χ3v) is 5.42. The average Bonchev–Trinajstić information content (AvgIpc) is 2.93. The van der Waals surface area contributed by atoms with Gasteiger partial charge in [-0.25, -0.2) is 18.4 Å². The van der Waals surface area contributed by atoms with Gasteiger partial charge in [0.05, 0.1) is 0 Å². The molecule has 1 saturated carbocycles. The SMILES string of the molecule is O=C1N[C@H](COC(=O)N2CC3(CC(Cc4ccc(F)cc4F)C3)C2)CO1. The fourth-order valence-corrected chi connectivity index (χ4v) is 4.24. The van der Waals surface area contributed by atoms with Crippen LogP contribution in [0.3, 0.4) is 0 Å². The fraction of sp³-hybridized carbons (Fsp3) is 0.556. The molecule has 2 saturated heterocycles. The zero-order valence-electron chi connectivity index (χ0n) is 14.2. The van der Waals surface area contributed by atoms with Crippen LogP contribution >= 0.6 is 0 Å². The third-order valence-electron chi connectivity index (χ3n) is 5.42. The van der Waals surface area contributed by atoms with Crippen LogP contribution in [0.5, 0.6) is 0 Å². The highest BCUT2D eigenvalue weighted by molar-refractivity contribution is 5.70. The van der Waals surface area contributed by atoms with E-state index in [1.807, 2.05) is 0 Å². The molecular weight excluding hydrogens is 346 g/mol. The van der Waals surface area contributed by atoms with Gasteiger partial charge in [-0.3, -0.25) is 0 Å². The predicted molar refractivity (Wildman–Crippen MR) is 86.4 cm³/mol. The van der Waals surface area contributed by atoms with E-state index in [0.717, 1.165) is 18.9 Å². The molecule has 26 heavy (non-hydrogen) atoms. The van der Waals surface area contributed by atoms with E-state index in [0.29, 0.717) is 31.0 Å². The van der Waals surface area contributed by atoms with Gasteiger partial charge >= 0.3 is 12.2 Å². The summed E-state index contributed by atoms with van der Waals surface area (Å²) in [5.74, 6) is -0.695. The van der Waals surface area contributed by atoms with Crippen molar-refractivity contribution in [2.45, 2.75) is 25.3 Å². The van der Waals surface area contributed by atoms with Crippen LogP contribution in [0.15, 0.2) is 18.2 Å². The Balaban J connectivity index is 1.18. The molecule has 4 rings (SSSR count). The van der Waals surface area contributed by atoms with Crippen molar-refractivity contribution in [3.8, 4) is 0 Å². The first-order valence-electron chi connectivity index (χ1n) is 8.71. The number of carbonyl (C=O) groups excluding carboxylic acids is 2. The van der Waals surface area contributed by atoms with Gasteiger partial charge in [-0.1, -0.05) is 6.07 Å². The lowest BCUT2D eigenvalue weighted by Gasteiger charge is -2.58. The van der Waals surface area contributed by atoms with Gasteiger partial charge in [0.2, 0.25) is 0 Å². The highest BCUT2D eigenvalue weighted by Crippen LogP contribution is 2.53. The fourth-order valence-electron chi connectivity index (χ4n) is 4.24. The van der Waals surface area contributed by atoms with Crippen LogP contribution in [0.1, 0.15) is 18.4 Å². The number of hydrogen-bond acceptors (Lipinski definition) is 4. The maximum absolute atomic E-state index is 13.7. The van der Waals surface area contributed by atoms with Crippen molar-refractivity contribution in [1.29, 1.82) is 0 Å². The molecule has 140 valence electrons. The normalized spacial score (nSPS) is 23.8. The number of ether oxygens (including phenoxy) is 2. The molecule has 1 aromatic rings. The van der Waals surface area contributed by atoms with Gasteiger partial charge in [0.25, 0.3) is 0 Å². The Morgan fingerprint density at radius 3 is 2.77 bits per heavy atom. The van der Waals surface area contributed by atoms with Crippen molar-refractivity contribution >= 4 is 12.2 Å². The Bertz CT molecular complexity index is 728. The number of nitrogens with one attached hydrogen (secondary N) is 1. The maximum atomic E-state index is 13.7. The lowest BCUT2D eigenvalue weighted by Crippen LogP contribution is -2.64. The van der Waals surface area contributed by atoms with Gasteiger partial charge in [-0.05, 0) is 36.8 Å². The quantitative estimate of drug-likeness (QED) is 0.889. The van der Waals surface area contributed by atoms with Crippen LogP contribution in [-0.2, 0) is 15.9 Å². The topological polar surface area (TPSA) is 67.9 Å². The summed E-state index contributed by atoms with van der Waals surface area (Å²) in [7, 11) is 0. The van der Waals surface area contributed by atoms with Gasteiger partial charge in [-0.15, -0.1) is 0 Å². The molecule has 1 spiro atoms. The van der Waals surface area contributed by atoms with E-state index in [-0.39, 0.29) is 30.8 Å². The molecule has 1 atom stereocenters. The standard InChI is InChI=1S/C18H20F2N2O4/c19-13-2-1-12(15(20)4-13)3-11-5-18(6-11)9-22(10-18)17(24)26-8-14-7-25-16(23)21-14/h1-2,4,11,14H,3,5-10H2,(H,21,23)/t14-/m0/s1. The van der Waals surface area contributed by atoms with Crippen LogP contribution < -0.4 is 5.32 Å². The largest absolute Gasteiger partial charge is 0.447 e. The van der Waals surface area contributed by atoms with Crippen LogP contribution in [0.2, 0.25) is 0 Å². The number of halogens is 2. The minimum atomic E-state index is -0.562. The number of nitrogens with zero attached hydrogens (tertiary/aromatic N) is 1. The predicted octanol–water partition coefficient (Wildman–Crippen LogP) is 2.46. The molecule has 1 N–H and O–H groups in total. The van der Waals surface area contributed by atoms with Crippen molar-refractivity contribution < 1.29 is 27.8 Å². The van der Waals surface area contributed by atoms with Crippen LogP contribution in [0.4, 0.5) is 18.4 Å². The Labute approximate surface area is 149 Å². The summed E-state index contributed by atoms with van der Waals surface area (Å²) in [6.07, 6.45) is 1.58. The Morgan fingerprint density at radius 1 is 1.35 bits per heavy atom. The van der Waals surface area contributed by atoms with Crippen LogP contribution in [0.25, 0.3) is 0 Å². The first kappa shape index (κ1) is 17.1. The van der Waals surface area contributed by atoms with Crippen LogP contribution in [0, 0.1) is 23.0 Å². The molecule has 3 aliphatic rings. The molecule has 0 unspecified atom stereocenters. The van der Waals surface area contributed by atoms with Gasteiger partial charge < -0.3 is 19.7 Å². The number of likely N-dealkylation sites (tertiary alicyclic amines) is 1. The molecule has 2 heterocycles. The van der Waals surface area contributed by atoms with Crippen molar-refractivity contribution in [3.05, 3.63) is 35.4 Å². The smallest absolute Gasteiger partial charge is 0.409 e. The molecule has 2 amide bonds. The zero-order chi connectivity index (χ0) is 18.3. The Hall–Kier alpha value is -2.38. The van der Waals surface area contributed by atoms with E-state index in [1.165, 1.54) is 12.1 Å². The molecule has 8 heteroatoms. The number of cyclic esters (lactones) is 1. The monoisotopic (exact) mass is 366 g/mol. The minimum Gasteiger partial charge on any atom is -0.447 e. The summed E-state index contributed by atoms with van der Waals surface area (Å²) < 4.78 is 36.6. The van der Waals surface area contributed by atoms with Crippen molar-refractivity contribution in [3.63, 3.8) is 0 Å². The number of amides is 2. The number of benzene rings is 1. The summed E-state index contributed by atoms with van der Waals surface area (Å²) in [6, 6.07) is 3.42. The molecule has 0 bridgehead atoms. The zero-order valence-corrected chi connectivity index (χ0v) is 14.2. The van der Waals surface area contributed by atoms with E-state index >= 15 is 0 Å². The molecular formula is C18H20F2N2O4. The van der Waals surface area contributed by atoms with E-state index in [1.54, 1.807) is 4.90 Å². The van der Waals surface area contributed by atoms with E-state index in [9.17, 15) is 18.4 Å². The van der Waals surface area contributed by atoms with Gasteiger partial charge in [0.1, 0.15) is 30.9 Å². The molecule has 0 radical (unpaired) electrons. The average molecular weight is 366 g/mol. The minimum absolute atomic E-state index is 0.0978. The first-order valence-corrected chi connectivity index (χ1v) is 8.71. The van der Waals surface area contributed by atoms with Crippen molar-refractivity contribution in [2.75, 3.05) is 26.3 Å². The molecule has 2 aliphatic heterocycles. The molecule has 0 aromatic heterocycles. The number of carbonyl (C=O) groups is 2. The highest BCUT2D eigenvalue weighted by atomic mass is 19.1. The molecule has 1 aliphatic carbocycles. The summed E-state index contributed by atoms with van der Waals surface area (Å²) in [5, 5.41) is 2.55. The highest BCUT2D eigenvalue weighted by Gasteiger charge is 2.53. The summed E-state index contributed by atoms with van der Waals surface area (Å²) in [4.78, 5) is 24.6. The van der Waals surface area contributed by atoms with Gasteiger partial charge in [0, 0.05) is 24.6 Å². The second-order valence-electron chi connectivity index (χ2n) is 7.59. The molecule has 6 nitrogen and oxygen atoms in total.